The maximum Gasteiger partial charge on any atom is 0.253 e. The lowest BCUT2D eigenvalue weighted by molar-refractivity contribution is 0.116. The molecule has 0 spiro atoms. The standard InChI is InChI=1S/C22H26N4O3/c1-25-9-11-26(12-10-25)18(16-6-3-2-4-7-16)15-24-20-19(21(27)22(20)28)23-14-17-8-5-13-29-17/h2-8,13,18,23-24H,9-12,14-15H2,1H3/t18-/m0/s1. The molecule has 1 aliphatic rings. The van der Waals surface area contributed by atoms with E-state index in [0.29, 0.717) is 30.2 Å². The first kappa shape index (κ1) is 19.4. The Morgan fingerprint density at radius 1 is 0.931 bits per heavy atom. The number of piperazine rings is 1. The zero-order valence-corrected chi connectivity index (χ0v) is 16.6. The minimum absolute atomic E-state index is 0.132. The molecule has 1 atom stereocenters. The second-order valence-corrected chi connectivity index (χ2v) is 7.49. The minimum Gasteiger partial charge on any atom is -0.467 e. The molecule has 0 radical (unpaired) electrons. The number of rotatable bonds is 8. The number of nitrogens with one attached hydrogen (secondary N) is 2. The van der Waals surface area contributed by atoms with Crippen molar-refractivity contribution in [3.63, 3.8) is 0 Å². The summed E-state index contributed by atoms with van der Waals surface area (Å²) in [6.07, 6.45) is 1.58. The summed E-state index contributed by atoms with van der Waals surface area (Å²) in [4.78, 5) is 28.9. The first-order valence-corrected chi connectivity index (χ1v) is 9.94. The number of likely N-dealkylation sites (N-methyl/N-ethyl adjacent to an activating group) is 1. The smallest absolute Gasteiger partial charge is 0.253 e. The molecule has 0 amide bonds. The van der Waals surface area contributed by atoms with Crippen LogP contribution < -0.4 is 21.5 Å². The Morgan fingerprint density at radius 3 is 2.28 bits per heavy atom. The lowest BCUT2D eigenvalue weighted by Gasteiger charge is -2.38. The largest absolute Gasteiger partial charge is 0.467 e. The van der Waals surface area contributed by atoms with Crippen LogP contribution in [0, 0.1) is 0 Å². The van der Waals surface area contributed by atoms with Crippen molar-refractivity contribution in [2.45, 2.75) is 12.6 Å². The topological polar surface area (TPSA) is 77.8 Å². The first-order valence-electron chi connectivity index (χ1n) is 9.94. The van der Waals surface area contributed by atoms with E-state index in [0.717, 1.165) is 26.2 Å². The van der Waals surface area contributed by atoms with Crippen molar-refractivity contribution in [1.82, 2.24) is 9.80 Å². The van der Waals surface area contributed by atoms with Crippen molar-refractivity contribution in [2.75, 3.05) is 50.4 Å². The van der Waals surface area contributed by atoms with Gasteiger partial charge in [0, 0.05) is 32.7 Å². The van der Waals surface area contributed by atoms with Crippen molar-refractivity contribution in [3.8, 4) is 0 Å². The minimum atomic E-state index is -0.477. The molecular formula is C22H26N4O3. The lowest BCUT2D eigenvalue weighted by atomic mass is 10.0. The molecule has 1 aromatic heterocycles. The summed E-state index contributed by atoms with van der Waals surface area (Å²) in [5.41, 5.74) is 0.980. The zero-order valence-electron chi connectivity index (χ0n) is 16.6. The second-order valence-electron chi connectivity index (χ2n) is 7.49. The van der Waals surface area contributed by atoms with Gasteiger partial charge in [-0.3, -0.25) is 14.5 Å². The molecule has 0 unspecified atom stereocenters. The summed E-state index contributed by atoms with van der Waals surface area (Å²) in [5, 5.41) is 6.28. The SMILES string of the molecule is CN1CCN([C@@H](CNc2c(NCc3ccco3)c(=O)c2=O)c2ccccc2)CC1. The van der Waals surface area contributed by atoms with Crippen molar-refractivity contribution in [1.29, 1.82) is 0 Å². The Hall–Kier alpha value is -2.90. The van der Waals surface area contributed by atoms with Gasteiger partial charge in [-0.05, 0) is 24.7 Å². The zero-order chi connectivity index (χ0) is 20.2. The predicted octanol–water partition coefficient (Wildman–Crippen LogP) is 1.89. The van der Waals surface area contributed by atoms with Crippen LogP contribution in [0.3, 0.4) is 0 Å². The third-order valence-corrected chi connectivity index (χ3v) is 5.57. The molecule has 0 bridgehead atoms. The Kier molecular flexibility index (Phi) is 5.78. The number of anilines is 2. The van der Waals surface area contributed by atoms with E-state index in [4.69, 9.17) is 4.42 Å². The number of furan rings is 1. The Morgan fingerprint density at radius 2 is 1.62 bits per heavy atom. The normalized spacial score (nSPS) is 16.7. The highest BCUT2D eigenvalue weighted by Gasteiger charge is 2.26. The highest BCUT2D eigenvalue weighted by Crippen LogP contribution is 2.24. The Bertz CT molecular complexity index is 985. The second kappa shape index (κ2) is 8.63. The van der Waals surface area contributed by atoms with Gasteiger partial charge in [0.25, 0.3) is 10.9 Å². The average molecular weight is 394 g/mol. The van der Waals surface area contributed by atoms with Gasteiger partial charge in [-0.2, -0.15) is 0 Å². The van der Waals surface area contributed by atoms with Gasteiger partial charge in [0.05, 0.1) is 18.8 Å². The highest BCUT2D eigenvalue weighted by atomic mass is 16.3. The van der Waals surface area contributed by atoms with Gasteiger partial charge in [0.1, 0.15) is 17.1 Å². The van der Waals surface area contributed by atoms with Gasteiger partial charge in [-0.25, -0.2) is 0 Å². The van der Waals surface area contributed by atoms with Crippen molar-refractivity contribution < 1.29 is 4.42 Å². The third-order valence-electron chi connectivity index (χ3n) is 5.57. The summed E-state index contributed by atoms with van der Waals surface area (Å²) in [7, 11) is 2.13. The van der Waals surface area contributed by atoms with Gasteiger partial charge >= 0.3 is 0 Å². The molecule has 7 nitrogen and oxygen atoms in total. The fourth-order valence-electron chi connectivity index (χ4n) is 3.78. The molecule has 2 heterocycles. The molecule has 3 aromatic rings. The monoisotopic (exact) mass is 394 g/mol. The van der Waals surface area contributed by atoms with Gasteiger partial charge in [0.2, 0.25) is 0 Å². The Balaban J connectivity index is 1.47. The highest BCUT2D eigenvalue weighted by molar-refractivity contribution is 5.74. The molecule has 152 valence electrons. The van der Waals surface area contributed by atoms with E-state index in [1.807, 2.05) is 24.3 Å². The van der Waals surface area contributed by atoms with Crippen molar-refractivity contribution in [3.05, 3.63) is 80.5 Å². The van der Waals surface area contributed by atoms with Crippen LogP contribution in [-0.2, 0) is 6.54 Å². The van der Waals surface area contributed by atoms with E-state index in [9.17, 15) is 9.59 Å². The van der Waals surface area contributed by atoms with Crippen LogP contribution in [0.15, 0.2) is 62.7 Å². The maximum absolute atomic E-state index is 12.1. The summed E-state index contributed by atoms with van der Waals surface area (Å²) in [6.45, 7) is 4.89. The molecule has 29 heavy (non-hydrogen) atoms. The van der Waals surface area contributed by atoms with Crippen LogP contribution in [0.4, 0.5) is 11.4 Å². The molecular weight excluding hydrogens is 368 g/mol. The molecule has 1 saturated heterocycles. The number of hydrogen-bond donors (Lipinski definition) is 2. The van der Waals surface area contributed by atoms with Gasteiger partial charge in [-0.15, -0.1) is 0 Å². The average Bonchev–Trinajstić information content (AvgIpc) is 3.27. The number of nitrogens with zero attached hydrogens (tertiary/aromatic N) is 2. The van der Waals surface area contributed by atoms with E-state index in [2.05, 4.69) is 39.6 Å². The first-order chi connectivity index (χ1) is 14.1. The van der Waals surface area contributed by atoms with E-state index in [1.54, 1.807) is 12.3 Å². The van der Waals surface area contributed by atoms with E-state index in [-0.39, 0.29) is 6.04 Å². The summed E-state index contributed by atoms with van der Waals surface area (Å²) >= 11 is 0. The number of hydrogen-bond acceptors (Lipinski definition) is 7. The fraction of sp³-hybridized carbons (Fsp3) is 0.364. The molecule has 0 saturated carbocycles. The molecule has 0 aliphatic carbocycles. The van der Waals surface area contributed by atoms with Crippen LogP contribution in [-0.4, -0.2) is 49.6 Å². The fourth-order valence-corrected chi connectivity index (χ4v) is 3.78. The third kappa shape index (κ3) is 4.26. The van der Waals surface area contributed by atoms with Crippen molar-refractivity contribution in [2.24, 2.45) is 0 Å². The van der Waals surface area contributed by atoms with E-state index < -0.39 is 10.9 Å². The molecule has 7 heteroatoms. The van der Waals surface area contributed by atoms with Crippen LogP contribution >= 0.6 is 0 Å². The lowest BCUT2D eigenvalue weighted by Crippen LogP contribution is -2.48. The molecule has 1 aliphatic heterocycles. The van der Waals surface area contributed by atoms with Crippen LogP contribution in [0.25, 0.3) is 0 Å². The Labute approximate surface area is 169 Å². The summed E-state index contributed by atoms with van der Waals surface area (Å²) in [5.74, 6) is 0.712. The summed E-state index contributed by atoms with van der Waals surface area (Å²) < 4.78 is 5.28. The van der Waals surface area contributed by atoms with Crippen LogP contribution in [0.5, 0.6) is 0 Å². The van der Waals surface area contributed by atoms with Crippen molar-refractivity contribution >= 4 is 11.4 Å². The predicted molar refractivity (Wildman–Crippen MR) is 114 cm³/mol. The molecule has 4 rings (SSSR count). The molecule has 2 aromatic carbocycles. The van der Waals surface area contributed by atoms with Crippen LogP contribution in [0.1, 0.15) is 17.4 Å². The summed E-state index contributed by atoms with van der Waals surface area (Å²) in [6, 6.07) is 14.0. The maximum atomic E-state index is 12.1. The molecule has 1 fully saturated rings. The quantitative estimate of drug-likeness (QED) is 0.565. The van der Waals surface area contributed by atoms with Crippen LogP contribution in [0.2, 0.25) is 0 Å². The molecule has 2 N–H and O–H groups in total. The van der Waals surface area contributed by atoms with Gasteiger partial charge < -0.3 is 20.0 Å². The van der Waals surface area contributed by atoms with E-state index in [1.165, 1.54) is 5.56 Å². The van der Waals surface area contributed by atoms with Gasteiger partial charge in [-0.1, -0.05) is 30.3 Å². The van der Waals surface area contributed by atoms with E-state index >= 15 is 0 Å². The van der Waals surface area contributed by atoms with Gasteiger partial charge in [0.15, 0.2) is 0 Å². The number of benzene rings is 1.